The fourth-order valence-corrected chi connectivity index (χ4v) is 2.26. The first-order valence-corrected chi connectivity index (χ1v) is 7.42. The van der Waals surface area contributed by atoms with Crippen molar-refractivity contribution >= 4 is 5.91 Å². The van der Waals surface area contributed by atoms with Gasteiger partial charge < -0.3 is 5.32 Å². The molecule has 1 aromatic heterocycles. The van der Waals surface area contributed by atoms with E-state index in [0.717, 1.165) is 24.5 Å². The Morgan fingerprint density at radius 3 is 2.79 bits per heavy atom. The van der Waals surface area contributed by atoms with Gasteiger partial charge in [0.1, 0.15) is 5.69 Å². The van der Waals surface area contributed by atoms with Crippen molar-refractivity contribution in [1.82, 2.24) is 15.5 Å². The SMILES string of the molecule is CC(C)CCC[C@@H](C)NC(=O)c1cc(C2CC2)[nH]n1. The summed E-state index contributed by atoms with van der Waals surface area (Å²) in [5.41, 5.74) is 1.63. The molecule has 1 saturated carbocycles. The first-order chi connectivity index (χ1) is 9.06. The fourth-order valence-electron chi connectivity index (χ4n) is 2.26. The molecule has 4 heteroatoms. The Balaban J connectivity index is 1.75. The van der Waals surface area contributed by atoms with Crippen LogP contribution in [0.1, 0.15) is 75.0 Å². The lowest BCUT2D eigenvalue weighted by Gasteiger charge is -2.13. The number of hydrogen-bond acceptors (Lipinski definition) is 2. The molecular weight excluding hydrogens is 238 g/mol. The smallest absolute Gasteiger partial charge is 0.271 e. The summed E-state index contributed by atoms with van der Waals surface area (Å²) in [5, 5.41) is 10.1. The summed E-state index contributed by atoms with van der Waals surface area (Å²) in [4.78, 5) is 12.0. The van der Waals surface area contributed by atoms with Gasteiger partial charge >= 0.3 is 0 Å². The number of aromatic nitrogens is 2. The lowest BCUT2D eigenvalue weighted by Crippen LogP contribution is -2.32. The van der Waals surface area contributed by atoms with E-state index in [2.05, 4.69) is 36.3 Å². The highest BCUT2D eigenvalue weighted by atomic mass is 16.2. The van der Waals surface area contributed by atoms with E-state index in [4.69, 9.17) is 0 Å². The van der Waals surface area contributed by atoms with Gasteiger partial charge in [-0.05, 0) is 38.2 Å². The van der Waals surface area contributed by atoms with Crippen LogP contribution in [0.3, 0.4) is 0 Å². The average Bonchev–Trinajstić information content (AvgIpc) is 3.06. The fraction of sp³-hybridized carbons (Fsp3) is 0.733. The highest BCUT2D eigenvalue weighted by Gasteiger charge is 2.26. The summed E-state index contributed by atoms with van der Waals surface area (Å²) in [7, 11) is 0. The van der Waals surface area contributed by atoms with Crippen LogP contribution in [0.2, 0.25) is 0 Å². The summed E-state index contributed by atoms with van der Waals surface area (Å²) in [5.74, 6) is 1.29. The molecule has 1 aliphatic carbocycles. The molecule has 0 radical (unpaired) electrons. The normalized spacial score (nSPS) is 16.6. The van der Waals surface area contributed by atoms with E-state index in [1.807, 2.05) is 6.07 Å². The second kappa shape index (κ2) is 6.22. The zero-order valence-electron chi connectivity index (χ0n) is 12.2. The van der Waals surface area contributed by atoms with Crippen molar-refractivity contribution in [3.63, 3.8) is 0 Å². The summed E-state index contributed by atoms with van der Waals surface area (Å²) < 4.78 is 0. The second-order valence-electron chi connectivity index (χ2n) is 6.18. The minimum absolute atomic E-state index is 0.0554. The van der Waals surface area contributed by atoms with E-state index in [1.54, 1.807) is 0 Å². The van der Waals surface area contributed by atoms with Crippen LogP contribution in [0.4, 0.5) is 0 Å². The van der Waals surface area contributed by atoms with Gasteiger partial charge in [0.2, 0.25) is 0 Å². The minimum atomic E-state index is -0.0554. The van der Waals surface area contributed by atoms with Crippen LogP contribution in [0, 0.1) is 5.92 Å². The van der Waals surface area contributed by atoms with E-state index >= 15 is 0 Å². The van der Waals surface area contributed by atoms with Crippen LogP contribution in [-0.2, 0) is 0 Å². The molecule has 0 unspecified atom stereocenters. The maximum Gasteiger partial charge on any atom is 0.271 e. The first kappa shape index (κ1) is 14.1. The Bertz CT molecular complexity index is 421. The van der Waals surface area contributed by atoms with Crippen LogP contribution < -0.4 is 5.32 Å². The molecule has 0 spiro atoms. The molecule has 0 saturated heterocycles. The van der Waals surface area contributed by atoms with Crippen molar-refractivity contribution in [2.24, 2.45) is 5.92 Å². The van der Waals surface area contributed by atoms with Gasteiger partial charge in [0, 0.05) is 17.7 Å². The van der Waals surface area contributed by atoms with Crippen molar-refractivity contribution in [1.29, 1.82) is 0 Å². The maximum atomic E-state index is 12.0. The summed E-state index contributed by atoms with van der Waals surface area (Å²) in [6.07, 6.45) is 5.84. The van der Waals surface area contributed by atoms with Crippen molar-refractivity contribution in [3.05, 3.63) is 17.5 Å². The molecule has 1 aliphatic rings. The number of nitrogens with zero attached hydrogens (tertiary/aromatic N) is 1. The Hall–Kier alpha value is -1.32. The molecule has 0 aliphatic heterocycles. The molecule has 1 atom stereocenters. The van der Waals surface area contributed by atoms with Gasteiger partial charge in [-0.3, -0.25) is 9.89 Å². The molecule has 2 rings (SSSR count). The molecule has 2 N–H and O–H groups in total. The topological polar surface area (TPSA) is 57.8 Å². The average molecular weight is 263 g/mol. The first-order valence-electron chi connectivity index (χ1n) is 7.42. The summed E-state index contributed by atoms with van der Waals surface area (Å²) in [6.45, 7) is 6.52. The van der Waals surface area contributed by atoms with Gasteiger partial charge in [0.25, 0.3) is 5.91 Å². The summed E-state index contributed by atoms with van der Waals surface area (Å²) in [6, 6.07) is 2.11. The Morgan fingerprint density at radius 2 is 2.16 bits per heavy atom. The van der Waals surface area contributed by atoms with E-state index in [0.29, 0.717) is 11.6 Å². The zero-order valence-corrected chi connectivity index (χ0v) is 12.2. The van der Waals surface area contributed by atoms with E-state index in [1.165, 1.54) is 19.3 Å². The van der Waals surface area contributed by atoms with Crippen molar-refractivity contribution < 1.29 is 4.79 Å². The van der Waals surface area contributed by atoms with Gasteiger partial charge in [-0.25, -0.2) is 0 Å². The summed E-state index contributed by atoms with van der Waals surface area (Å²) >= 11 is 0. The number of aromatic amines is 1. The third-order valence-electron chi connectivity index (χ3n) is 3.64. The highest BCUT2D eigenvalue weighted by Crippen LogP contribution is 2.38. The zero-order chi connectivity index (χ0) is 13.8. The number of carbonyl (C=O) groups excluding carboxylic acids is 1. The van der Waals surface area contributed by atoms with Gasteiger partial charge in [0.15, 0.2) is 0 Å². The molecule has 0 bridgehead atoms. The third kappa shape index (κ3) is 4.37. The molecule has 1 fully saturated rings. The van der Waals surface area contributed by atoms with Gasteiger partial charge in [-0.2, -0.15) is 5.10 Å². The Labute approximate surface area is 115 Å². The van der Waals surface area contributed by atoms with Gasteiger partial charge in [-0.1, -0.05) is 26.7 Å². The standard InChI is InChI=1S/C15H25N3O/c1-10(2)5-4-6-11(3)16-15(19)14-9-13(17-18-14)12-7-8-12/h9-12H,4-8H2,1-3H3,(H,16,19)(H,17,18)/t11-/m1/s1. The molecule has 1 heterocycles. The lowest BCUT2D eigenvalue weighted by atomic mass is 10.0. The molecular formula is C15H25N3O. The number of H-pyrrole nitrogens is 1. The predicted octanol–water partition coefficient (Wildman–Crippen LogP) is 3.23. The van der Waals surface area contributed by atoms with Crippen molar-refractivity contribution in [3.8, 4) is 0 Å². The monoisotopic (exact) mass is 263 g/mol. The number of nitrogens with one attached hydrogen (secondary N) is 2. The number of carbonyl (C=O) groups is 1. The van der Waals surface area contributed by atoms with Crippen LogP contribution >= 0.6 is 0 Å². The Morgan fingerprint density at radius 1 is 1.42 bits per heavy atom. The predicted molar refractivity (Wildman–Crippen MR) is 76.2 cm³/mol. The van der Waals surface area contributed by atoms with Crippen LogP contribution in [0.15, 0.2) is 6.07 Å². The largest absolute Gasteiger partial charge is 0.348 e. The van der Waals surface area contributed by atoms with Crippen molar-refractivity contribution in [2.45, 2.75) is 64.8 Å². The number of amides is 1. The van der Waals surface area contributed by atoms with E-state index in [9.17, 15) is 4.79 Å². The molecule has 106 valence electrons. The quantitative estimate of drug-likeness (QED) is 0.793. The van der Waals surface area contributed by atoms with Crippen LogP contribution in [0.25, 0.3) is 0 Å². The molecule has 4 nitrogen and oxygen atoms in total. The van der Waals surface area contributed by atoms with E-state index in [-0.39, 0.29) is 11.9 Å². The van der Waals surface area contributed by atoms with Crippen LogP contribution in [-0.4, -0.2) is 22.1 Å². The highest BCUT2D eigenvalue weighted by molar-refractivity contribution is 5.92. The molecule has 0 aromatic carbocycles. The van der Waals surface area contributed by atoms with Crippen molar-refractivity contribution in [2.75, 3.05) is 0 Å². The Kier molecular flexibility index (Phi) is 4.61. The molecule has 1 amide bonds. The molecule has 1 aromatic rings. The van der Waals surface area contributed by atoms with Gasteiger partial charge in [0.05, 0.1) is 0 Å². The lowest BCUT2D eigenvalue weighted by molar-refractivity contribution is 0.0932. The molecule has 19 heavy (non-hydrogen) atoms. The second-order valence-corrected chi connectivity index (χ2v) is 6.18. The maximum absolute atomic E-state index is 12.0. The number of hydrogen-bond donors (Lipinski definition) is 2. The number of rotatable bonds is 7. The van der Waals surface area contributed by atoms with Gasteiger partial charge in [-0.15, -0.1) is 0 Å². The van der Waals surface area contributed by atoms with Crippen LogP contribution in [0.5, 0.6) is 0 Å². The minimum Gasteiger partial charge on any atom is -0.348 e. The van der Waals surface area contributed by atoms with E-state index < -0.39 is 0 Å². The third-order valence-corrected chi connectivity index (χ3v) is 3.64.